The summed E-state index contributed by atoms with van der Waals surface area (Å²) in [5.41, 5.74) is 6.38. The van der Waals surface area contributed by atoms with Crippen LogP contribution in [0.1, 0.15) is 11.6 Å². The first-order chi connectivity index (χ1) is 6.20. The number of nitro groups is 1. The first-order valence-electron chi connectivity index (χ1n) is 3.86. The number of hydrogen-bond acceptors (Lipinski definition) is 4. The van der Waals surface area contributed by atoms with Crippen LogP contribution in [0.4, 0.5) is 5.69 Å². The van der Waals surface area contributed by atoms with E-state index >= 15 is 0 Å². The molecular formula is C8H8N2O3. The molecule has 5 nitrogen and oxygen atoms in total. The Morgan fingerprint density at radius 1 is 1.62 bits per heavy atom. The zero-order valence-corrected chi connectivity index (χ0v) is 6.77. The van der Waals surface area contributed by atoms with E-state index in [1.54, 1.807) is 12.1 Å². The van der Waals surface area contributed by atoms with E-state index in [1.807, 2.05) is 0 Å². The average molecular weight is 180 g/mol. The van der Waals surface area contributed by atoms with Gasteiger partial charge >= 0.3 is 5.69 Å². The predicted molar refractivity (Wildman–Crippen MR) is 45.5 cm³/mol. The van der Waals surface area contributed by atoms with E-state index in [9.17, 15) is 10.1 Å². The Balaban J connectivity index is 2.57. The van der Waals surface area contributed by atoms with E-state index in [0.29, 0.717) is 17.9 Å². The Labute approximate surface area is 74.3 Å². The zero-order chi connectivity index (χ0) is 9.42. The number of nitro benzene ring substituents is 1. The van der Waals surface area contributed by atoms with Crippen molar-refractivity contribution in [2.45, 2.75) is 6.04 Å². The third-order valence-electron chi connectivity index (χ3n) is 2.03. The second-order valence-electron chi connectivity index (χ2n) is 2.87. The van der Waals surface area contributed by atoms with Crippen molar-refractivity contribution in [3.63, 3.8) is 0 Å². The molecule has 1 atom stereocenters. The van der Waals surface area contributed by atoms with Crippen LogP contribution in [0.3, 0.4) is 0 Å². The minimum atomic E-state index is -0.461. The summed E-state index contributed by atoms with van der Waals surface area (Å²) in [7, 11) is 0. The van der Waals surface area contributed by atoms with Crippen LogP contribution in [0.25, 0.3) is 0 Å². The highest BCUT2D eigenvalue weighted by molar-refractivity contribution is 5.54. The normalized spacial score (nSPS) is 19.3. The lowest BCUT2D eigenvalue weighted by Crippen LogP contribution is -2.10. The molecule has 5 heteroatoms. The van der Waals surface area contributed by atoms with Gasteiger partial charge in [-0.15, -0.1) is 0 Å². The molecule has 1 aromatic rings. The molecule has 0 saturated heterocycles. The van der Waals surface area contributed by atoms with Crippen molar-refractivity contribution in [3.8, 4) is 5.75 Å². The van der Waals surface area contributed by atoms with Crippen molar-refractivity contribution >= 4 is 5.69 Å². The van der Waals surface area contributed by atoms with Gasteiger partial charge in [0.25, 0.3) is 0 Å². The molecule has 0 aliphatic carbocycles. The molecule has 0 amide bonds. The predicted octanol–water partition coefficient (Wildman–Crippen LogP) is 0.987. The topological polar surface area (TPSA) is 78.4 Å². The van der Waals surface area contributed by atoms with Gasteiger partial charge in [-0.25, -0.2) is 0 Å². The Bertz CT molecular complexity index is 364. The van der Waals surface area contributed by atoms with Gasteiger partial charge in [-0.2, -0.15) is 0 Å². The van der Waals surface area contributed by atoms with E-state index < -0.39 is 4.92 Å². The van der Waals surface area contributed by atoms with E-state index in [-0.39, 0.29) is 11.7 Å². The average Bonchev–Trinajstić information content (AvgIpc) is 2.48. The summed E-state index contributed by atoms with van der Waals surface area (Å²) in [4.78, 5) is 10.1. The fourth-order valence-corrected chi connectivity index (χ4v) is 1.40. The Morgan fingerprint density at radius 3 is 3.08 bits per heavy atom. The molecule has 0 spiro atoms. The molecule has 1 aliphatic heterocycles. The summed E-state index contributed by atoms with van der Waals surface area (Å²) in [6.45, 7) is 0.320. The molecule has 0 fully saturated rings. The zero-order valence-electron chi connectivity index (χ0n) is 6.77. The van der Waals surface area contributed by atoms with Crippen molar-refractivity contribution in [1.29, 1.82) is 0 Å². The molecule has 0 unspecified atom stereocenters. The highest BCUT2D eigenvalue weighted by atomic mass is 16.6. The SMILES string of the molecule is N[C@@H]1COc2c1cccc2[N+](=O)[O-]. The van der Waals surface area contributed by atoms with Gasteiger partial charge in [0, 0.05) is 11.6 Å². The van der Waals surface area contributed by atoms with Gasteiger partial charge in [0.2, 0.25) is 5.75 Å². The number of ether oxygens (including phenoxy) is 1. The minimum Gasteiger partial charge on any atom is -0.485 e. The van der Waals surface area contributed by atoms with E-state index in [0.717, 1.165) is 0 Å². The first kappa shape index (κ1) is 8.00. The van der Waals surface area contributed by atoms with Crippen molar-refractivity contribution in [1.82, 2.24) is 0 Å². The smallest absolute Gasteiger partial charge is 0.311 e. The van der Waals surface area contributed by atoms with Gasteiger partial charge in [-0.3, -0.25) is 10.1 Å². The molecule has 2 N–H and O–H groups in total. The molecule has 1 aliphatic rings. The minimum absolute atomic E-state index is 0.00884. The summed E-state index contributed by atoms with van der Waals surface area (Å²) in [6, 6.07) is 4.54. The molecule has 2 rings (SSSR count). The van der Waals surface area contributed by atoms with Gasteiger partial charge in [0.1, 0.15) is 6.61 Å². The Morgan fingerprint density at radius 2 is 2.38 bits per heavy atom. The van der Waals surface area contributed by atoms with Gasteiger partial charge in [0.05, 0.1) is 11.0 Å². The number of rotatable bonds is 1. The van der Waals surface area contributed by atoms with Gasteiger partial charge in [0.15, 0.2) is 0 Å². The Kier molecular flexibility index (Phi) is 1.66. The maximum Gasteiger partial charge on any atom is 0.311 e. The Hall–Kier alpha value is -1.62. The van der Waals surface area contributed by atoms with Crippen LogP contribution in [0, 0.1) is 10.1 Å². The van der Waals surface area contributed by atoms with Crippen molar-refractivity contribution in [2.75, 3.05) is 6.61 Å². The monoisotopic (exact) mass is 180 g/mol. The summed E-state index contributed by atoms with van der Waals surface area (Å²) in [5.74, 6) is 0.319. The third-order valence-corrected chi connectivity index (χ3v) is 2.03. The number of fused-ring (bicyclic) bond motifs is 1. The van der Waals surface area contributed by atoms with E-state index in [4.69, 9.17) is 10.5 Å². The van der Waals surface area contributed by atoms with Crippen LogP contribution in [-0.4, -0.2) is 11.5 Å². The standard InChI is InChI=1S/C8H8N2O3/c9-6-4-13-8-5(6)2-1-3-7(8)10(11)12/h1-3,6H,4,9H2/t6-/m1/s1. The fourth-order valence-electron chi connectivity index (χ4n) is 1.40. The van der Waals surface area contributed by atoms with Crippen LogP contribution in [0.5, 0.6) is 5.75 Å². The number of nitrogens with zero attached hydrogens (tertiary/aromatic N) is 1. The van der Waals surface area contributed by atoms with Gasteiger partial charge in [-0.1, -0.05) is 12.1 Å². The lowest BCUT2D eigenvalue weighted by molar-refractivity contribution is -0.385. The van der Waals surface area contributed by atoms with Crippen LogP contribution >= 0.6 is 0 Å². The molecule has 0 radical (unpaired) electrons. The number of hydrogen-bond donors (Lipinski definition) is 1. The molecule has 0 aromatic heterocycles. The molecule has 68 valence electrons. The molecule has 0 bridgehead atoms. The number of benzene rings is 1. The second-order valence-corrected chi connectivity index (χ2v) is 2.87. The molecule has 1 aromatic carbocycles. The van der Waals surface area contributed by atoms with Crippen LogP contribution in [0.15, 0.2) is 18.2 Å². The van der Waals surface area contributed by atoms with Crippen molar-refractivity contribution in [2.24, 2.45) is 5.73 Å². The van der Waals surface area contributed by atoms with E-state index in [2.05, 4.69) is 0 Å². The molecular weight excluding hydrogens is 172 g/mol. The van der Waals surface area contributed by atoms with Crippen molar-refractivity contribution in [3.05, 3.63) is 33.9 Å². The molecule has 13 heavy (non-hydrogen) atoms. The largest absolute Gasteiger partial charge is 0.485 e. The summed E-state index contributed by atoms with van der Waals surface area (Å²) >= 11 is 0. The number of para-hydroxylation sites is 1. The van der Waals surface area contributed by atoms with Crippen molar-refractivity contribution < 1.29 is 9.66 Å². The van der Waals surface area contributed by atoms with Crippen LogP contribution in [-0.2, 0) is 0 Å². The lowest BCUT2D eigenvalue weighted by atomic mass is 10.1. The molecule has 0 saturated carbocycles. The quantitative estimate of drug-likeness (QED) is 0.516. The molecule has 1 heterocycles. The summed E-state index contributed by atoms with van der Waals surface area (Å²) in [5, 5.41) is 10.6. The maximum atomic E-state index is 10.6. The number of nitrogens with two attached hydrogens (primary N) is 1. The summed E-state index contributed by atoms with van der Waals surface area (Å²) < 4.78 is 5.14. The van der Waals surface area contributed by atoms with E-state index in [1.165, 1.54) is 6.07 Å². The van der Waals surface area contributed by atoms with Crippen LogP contribution in [0.2, 0.25) is 0 Å². The van der Waals surface area contributed by atoms with Gasteiger partial charge < -0.3 is 10.5 Å². The lowest BCUT2D eigenvalue weighted by Gasteiger charge is -1.99. The third kappa shape index (κ3) is 1.13. The van der Waals surface area contributed by atoms with Gasteiger partial charge in [-0.05, 0) is 0 Å². The summed E-state index contributed by atoms with van der Waals surface area (Å²) in [6.07, 6.45) is 0. The highest BCUT2D eigenvalue weighted by Crippen LogP contribution is 2.38. The second kappa shape index (κ2) is 2.70. The fraction of sp³-hybridized carbons (Fsp3) is 0.250. The maximum absolute atomic E-state index is 10.6. The van der Waals surface area contributed by atoms with Crippen LogP contribution < -0.4 is 10.5 Å². The first-order valence-corrected chi connectivity index (χ1v) is 3.86. The highest BCUT2D eigenvalue weighted by Gasteiger charge is 2.28.